The highest BCUT2D eigenvalue weighted by Crippen LogP contribution is 2.21. The summed E-state index contributed by atoms with van der Waals surface area (Å²) in [6.07, 6.45) is 0. The molecule has 0 aromatic heterocycles. The van der Waals surface area contributed by atoms with Gasteiger partial charge in [-0.15, -0.1) is 0 Å². The molecule has 0 amide bonds. The molecule has 1 aromatic rings. The first-order chi connectivity index (χ1) is 5.25. The van der Waals surface area contributed by atoms with E-state index in [0.29, 0.717) is 5.75 Å². The molecule has 2 nitrogen and oxygen atoms in total. The van der Waals surface area contributed by atoms with Gasteiger partial charge in [0.05, 0.1) is 0 Å². The van der Waals surface area contributed by atoms with E-state index in [0.717, 1.165) is 11.1 Å². The van der Waals surface area contributed by atoms with Crippen LogP contribution >= 0.6 is 0 Å². The highest BCUT2D eigenvalue weighted by Gasteiger charge is 2.01. The lowest BCUT2D eigenvalue weighted by Crippen LogP contribution is -1.93. The largest absolute Gasteiger partial charge is 0.423 e. The predicted molar refractivity (Wildman–Crippen MR) is 42.2 cm³/mol. The van der Waals surface area contributed by atoms with Crippen LogP contribution in [0, 0.1) is 13.8 Å². The summed E-state index contributed by atoms with van der Waals surface area (Å²) in [5.74, 6) is 0.613. The Morgan fingerprint density at radius 1 is 1.27 bits per heavy atom. The first-order valence-electron chi connectivity index (χ1n) is 3.36. The Hall–Kier alpha value is -1.31. The minimum absolute atomic E-state index is 0.613. The van der Waals surface area contributed by atoms with Gasteiger partial charge in [0, 0.05) is 0 Å². The van der Waals surface area contributed by atoms with E-state index in [1.54, 1.807) is 0 Å². The van der Waals surface area contributed by atoms with Gasteiger partial charge in [-0.3, -0.25) is 0 Å². The van der Waals surface area contributed by atoms with Gasteiger partial charge in [-0.2, -0.15) is 0 Å². The molecule has 11 heavy (non-hydrogen) atoms. The number of ether oxygens (including phenoxy) is 1. The number of hydrogen-bond acceptors (Lipinski definition) is 2. The van der Waals surface area contributed by atoms with E-state index in [1.807, 2.05) is 32.0 Å². The summed E-state index contributed by atoms with van der Waals surface area (Å²) >= 11 is 0. The van der Waals surface area contributed by atoms with Crippen LogP contribution in [0.1, 0.15) is 11.1 Å². The standard InChI is InChI=1S/C9H9O2/c1-7-4-3-5-8(2)9(7)11-6-10/h3-5H,1-2H3. The molecule has 0 heterocycles. The Balaban J connectivity index is 3.09. The van der Waals surface area contributed by atoms with Gasteiger partial charge in [-0.05, 0) is 25.0 Å². The molecule has 0 N–H and O–H groups in total. The van der Waals surface area contributed by atoms with Crippen molar-refractivity contribution in [2.75, 3.05) is 0 Å². The second-order valence-electron chi connectivity index (χ2n) is 2.41. The fourth-order valence-corrected chi connectivity index (χ4v) is 1.00. The van der Waals surface area contributed by atoms with Crippen molar-refractivity contribution in [2.45, 2.75) is 13.8 Å². The summed E-state index contributed by atoms with van der Waals surface area (Å²) in [6.45, 7) is 5.19. The zero-order chi connectivity index (χ0) is 8.27. The molecule has 0 atom stereocenters. The molecule has 0 spiro atoms. The van der Waals surface area contributed by atoms with Gasteiger partial charge in [-0.1, -0.05) is 18.2 Å². The maximum atomic E-state index is 9.93. The topological polar surface area (TPSA) is 26.3 Å². The van der Waals surface area contributed by atoms with Crippen molar-refractivity contribution in [1.82, 2.24) is 0 Å². The lowest BCUT2D eigenvalue weighted by Gasteiger charge is -2.03. The lowest BCUT2D eigenvalue weighted by molar-refractivity contribution is 0.439. The van der Waals surface area contributed by atoms with Crippen molar-refractivity contribution in [3.05, 3.63) is 29.3 Å². The van der Waals surface area contributed by atoms with Crippen LogP contribution in [0.2, 0.25) is 0 Å². The molecule has 1 rings (SSSR count). The molecule has 0 aliphatic heterocycles. The molecule has 2 heteroatoms. The highest BCUT2D eigenvalue weighted by atomic mass is 16.5. The quantitative estimate of drug-likeness (QED) is 0.640. The van der Waals surface area contributed by atoms with Crippen molar-refractivity contribution in [3.8, 4) is 5.75 Å². The molecule has 1 radical (unpaired) electrons. The number of aryl methyl sites for hydroxylation is 2. The van der Waals surface area contributed by atoms with Gasteiger partial charge >= 0.3 is 6.47 Å². The summed E-state index contributed by atoms with van der Waals surface area (Å²) in [4.78, 5) is 9.93. The van der Waals surface area contributed by atoms with Crippen LogP contribution in [0.3, 0.4) is 0 Å². The summed E-state index contributed by atoms with van der Waals surface area (Å²) in [5, 5.41) is 0. The average molecular weight is 149 g/mol. The second-order valence-corrected chi connectivity index (χ2v) is 2.41. The van der Waals surface area contributed by atoms with E-state index >= 15 is 0 Å². The number of rotatable bonds is 2. The van der Waals surface area contributed by atoms with Gasteiger partial charge in [-0.25, -0.2) is 4.79 Å². The van der Waals surface area contributed by atoms with Crippen LogP contribution in [0.5, 0.6) is 5.75 Å². The van der Waals surface area contributed by atoms with Crippen LogP contribution in [-0.4, -0.2) is 6.47 Å². The Morgan fingerprint density at radius 3 is 2.27 bits per heavy atom. The SMILES string of the molecule is Cc1cccc(C)c1O[C]=O. The van der Waals surface area contributed by atoms with Gasteiger partial charge in [0.25, 0.3) is 0 Å². The van der Waals surface area contributed by atoms with Crippen LogP contribution in [0.15, 0.2) is 18.2 Å². The smallest absolute Gasteiger partial charge is 0.418 e. The first kappa shape index (κ1) is 7.79. The summed E-state index contributed by atoms with van der Waals surface area (Å²) < 4.78 is 4.66. The Morgan fingerprint density at radius 2 is 1.82 bits per heavy atom. The van der Waals surface area contributed by atoms with Crippen molar-refractivity contribution in [3.63, 3.8) is 0 Å². The number of carbonyl (C=O) groups excluding carboxylic acids is 1. The molecule has 0 unspecified atom stereocenters. The maximum absolute atomic E-state index is 9.93. The Bertz CT molecular complexity index is 246. The molecule has 0 bridgehead atoms. The number of benzene rings is 1. The van der Waals surface area contributed by atoms with Gasteiger partial charge in [0.15, 0.2) is 0 Å². The van der Waals surface area contributed by atoms with Crippen molar-refractivity contribution in [2.24, 2.45) is 0 Å². The summed E-state index contributed by atoms with van der Waals surface area (Å²) in [5.41, 5.74) is 1.90. The first-order valence-corrected chi connectivity index (χ1v) is 3.36. The molecule has 0 saturated carbocycles. The molecule has 0 aliphatic carbocycles. The molecule has 57 valence electrons. The molecule has 0 saturated heterocycles. The Kier molecular flexibility index (Phi) is 2.26. The molecule has 0 aliphatic rings. The van der Waals surface area contributed by atoms with E-state index < -0.39 is 0 Å². The molecule has 1 aromatic carbocycles. The van der Waals surface area contributed by atoms with Crippen molar-refractivity contribution in [1.29, 1.82) is 0 Å². The predicted octanol–water partition coefficient (Wildman–Crippen LogP) is 1.75. The van der Waals surface area contributed by atoms with Crippen molar-refractivity contribution >= 4 is 6.47 Å². The normalized spacial score (nSPS) is 9.27. The minimum Gasteiger partial charge on any atom is -0.418 e. The van der Waals surface area contributed by atoms with E-state index in [9.17, 15) is 4.79 Å². The van der Waals surface area contributed by atoms with Gasteiger partial charge in [0.1, 0.15) is 5.75 Å². The number of hydrogen-bond donors (Lipinski definition) is 0. The zero-order valence-electron chi connectivity index (χ0n) is 6.55. The second kappa shape index (κ2) is 3.19. The lowest BCUT2D eigenvalue weighted by atomic mass is 10.1. The highest BCUT2D eigenvalue weighted by molar-refractivity contribution is 5.51. The van der Waals surface area contributed by atoms with Crippen LogP contribution in [0.4, 0.5) is 0 Å². The monoisotopic (exact) mass is 149 g/mol. The molecule has 0 fully saturated rings. The third-order valence-electron chi connectivity index (χ3n) is 1.55. The van der Waals surface area contributed by atoms with Crippen molar-refractivity contribution < 1.29 is 9.53 Å². The van der Waals surface area contributed by atoms with E-state index in [4.69, 9.17) is 0 Å². The third-order valence-corrected chi connectivity index (χ3v) is 1.55. The molecular formula is C9H9O2. The van der Waals surface area contributed by atoms with Gasteiger partial charge in [0.2, 0.25) is 0 Å². The van der Waals surface area contributed by atoms with Gasteiger partial charge < -0.3 is 4.74 Å². The minimum atomic E-state index is 0.613. The fourth-order valence-electron chi connectivity index (χ4n) is 1.00. The van der Waals surface area contributed by atoms with E-state index in [1.165, 1.54) is 6.47 Å². The van der Waals surface area contributed by atoms with Crippen LogP contribution < -0.4 is 4.74 Å². The zero-order valence-corrected chi connectivity index (χ0v) is 6.55. The van der Waals surface area contributed by atoms with Crippen LogP contribution in [0.25, 0.3) is 0 Å². The summed E-state index contributed by atoms with van der Waals surface area (Å²) in [6, 6.07) is 5.70. The van der Waals surface area contributed by atoms with Crippen LogP contribution in [-0.2, 0) is 4.79 Å². The maximum Gasteiger partial charge on any atom is 0.423 e. The molecular weight excluding hydrogens is 140 g/mol. The third kappa shape index (κ3) is 1.58. The number of para-hydroxylation sites is 1. The van der Waals surface area contributed by atoms with E-state index in [2.05, 4.69) is 4.74 Å². The average Bonchev–Trinajstić information content (AvgIpc) is 1.97. The fraction of sp³-hybridized carbons (Fsp3) is 0.222. The van der Waals surface area contributed by atoms with E-state index in [-0.39, 0.29) is 0 Å². The Labute approximate surface area is 65.8 Å². The summed E-state index contributed by atoms with van der Waals surface area (Å²) in [7, 11) is 0.